The maximum Gasteiger partial charge on any atom is 0.317 e. The summed E-state index contributed by atoms with van der Waals surface area (Å²) in [5, 5.41) is 2.99. The molecule has 0 radical (unpaired) electrons. The van der Waals surface area contributed by atoms with E-state index in [-0.39, 0.29) is 18.0 Å². The van der Waals surface area contributed by atoms with Gasteiger partial charge in [-0.3, -0.25) is 4.79 Å². The predicted octanol–water partition coefficient (Wildman–Crippen LogP) is 1.89. The number of nitrogens with one attached hydrogen (secondary N) is 1. The van der Waals surface area contributed by atoms with Crippen LogP contribution in [0.1, 0.15) is 31.7 Å². The minimum atomic E-state index is -0.0290. The smallest absolute Gasteiger partial charge is 0.317 e. The van der Waals surface area contributed by atoms with Crippen LogP contribution in [0, 0.1) is 0 Å². The monoisotopic (exact) mass is 384 g/mol. The molecule has 0 unspecified atom stereocenters. The van der Waals surface area contributed by atoms with Crippen molar-refractivity contribution in [2.24, 2.45) is 0 Å². The fraction of sp³-hybridized carbons (Fsp3) is 0.500. The van der Waals surface area contributed by atoms with Crippen molar-refractivity contribution in [3.05, 3.63) is 48.8 Å². The van der Waals surface area contributed by atoms with Gasteiger partial charge in [0.2, 0.25) is 5.91 Å². The Morgan fingerprint density at radius 3 is 2.64 bits per heavy atom. The van der Waals surface area contributed by atoms with Crippen LogP contribution < -0.4 is 5.32 Å². The molecule has 0 saturated carbocycles. The van der Waals surface area contributed by atoms with Crippen molar-refractivity contribution in [2.75, 3.05) is 19.6 Å². The van der Waals surface area contributed by atoms with Gasteiger partial charge >= 0.3 is 6.03 Å². The van der Waals surface area contributed by atoms with Crippen LogP contribution in [0.4, 0.5) is 4.79 Å². The first-order chi connectivity index (χ1) is 13.6. The summed E-state index contributed by atoms with van der Waals surface area (Å²) in [6, 6.07) is 4.03. The van der Waals surface area contributed by atoms with Crippen molar-refractivity contribution < 1.29 is 9.59 Å². The minimum Gasteiger partial charge on any atom is -0.353 e. The summed E-state index contributed by atoms with van der Waals surface area (Å²) >= 11 is 0. The largest absolute Gasteiger partial charge is 0.353 e. The normalized spacial score (nSPS) is 17.0. The molecule has 2 aromatic heterocycles. The Kier molecular flexibility index (Phi) is 7.00. The Morgan fingerprint density at radius 1 is 1.18 bits per heavy atom. The van der Waals surface area contributed by atoms with E-state index >= 15 is 0 Å². The summed E-state index contributed by atoms with van der Waals surface area (Å²) in [5.41, 5.74) is 0.918. The zero-order valence-corrected chi connectivity index (χ0v) is 16.3. The Morgan fingerprint density at radius 2 is 1.93 bits per heavy atom. The Bertz CT molecular complexity index is 749. The molecule has 1 atom stereocenters. The van der Waals surface area contributed by atoms with Gasteiger partial charge in [0.05, 0.1) is 0 Å². The molecule has 150 valence electrons. The summed E-state index contributed by atoms with van der Waals surface area (Å²) in [4.78, 5) is 36.5. The van der Waals surface area contributed by atoms with Crippen molar-refractivity contribution in [3.8, 4) is 0 Å². The first kappa shape index (κ1) is 19.9. The molecule has 0 aromatic carbocycles. The van der Waals surface area contributed by atoms with E-state index in [9.17, 15) is 9.59 Å². The van der Waals surface area contributed by atoms with Crippen molar-refractivity contribution >= 4 is 11.9 Å². The third-order valence-corrected chi connectivity index (χ3v) is 5.11. The van der Waals surface area contributed by atoms with E-state index in [1.807, 2.05) is 38.9 Å². The quantitative estimate of drug-likeness (QED) is 0.824. The van der Waals surface area contributed by atoms with Crippen LogP contribution in [0.5, 0.6) is 0 Å². The number of hydrogen-bond acceptors (Lipinski definition) is 4. The number of nitrogens with zero attached hydrogens (tertiary/aromatic N) is 5. The molecule has 1 aliphatic heterocycles. The van der Waals surface area contributed by atoms with Crippen molar-refractivity contribution in [1.29, 1.82) is 0 Å². The summed E-state index contributed by atoms with van der Waals surface area (Å²) < 4.78 is 2.04. The zero-order chi connectivity index (χ0) is 19.8. The lowest BCUT2D eigenvalue weighted by Crippen LogP contribution is -2.43. The van der Waals surface area contributed by atoms with Crippen LogP contribution >= 0.6 is 0 Å². The lowest BCUT2D eigenvalue weighted by molar-refractivity contribution is -0.132. The Hall–Kier alpha value is -2.90. The fourth-order valence-corrected chi connectivity index (χ4v) is 3.62. The lowest BCUT2D eigenvalue weighted by Gasteiger charge is -2.30. The molecule has 1 aliphatic rings. The molecule has 3 rings (SSSR count). The molecule has 1 N–H and O–H groups in total. The molecule has 0 bridgehead atoms. The fourth-order valence-electron chi connectivity index (χ4n) is 3.62. The third-order valence-electron chi connectivity index (χ3n) is 5.11. The highest BCUT2D eigenvalue weighted by Gasteiger charge is 2.26. The van der Waals surface area contributed by atoms with E-state index in [4.69, 9.17) is 0 Å². The van der Waals surface area contributed by atoms with E-state index in [1.165, 1.54) is 6.33 Å². The van der Waals surface area contributed by atoms with Gasteiger partial charge in [0, 0.05) is 76.0 Å². The van der Waals surface area contributed by atoms with E-state index in [1.54, 1.807) is 19.3 Å². The molecular weight excluding hydrogens is 356 g/mol. The van der Waals surface area contributed by atoms with Crippen molar-refractivity contribution in [1.82, 2.24) is 29.7 Å². The van der Waals surface area contributed by atoms with Gasteiger partial charge in [0.1, 0.15) is 6.33 Å². The van der Waals surface area contributed by atoms with Crippen molar-refractivity contribution in [3.63, 3.8) is 0 Å². The highest BCUT2D eigenvalue weighted by Crippen LogP contribution is 2.19. The molecule has 0 spiro atoms. The zero-order valence-electron chi connectivity index (χ0n) is 16.3. The summed E-state index contributed by atoms with van der Waals surface area (Å²) in [6.45, 7) is 4.82. The standard InChI is InChI=1S/C20H28N6O2/c1-17(27)26(15-18-13-21-16-22-14-18)19-5-4-10-25(11-6-19)20(28)23-7-12-24-8-2-3-9-24/h2-3,8-9,13-14,16,19H,4-7,10-12,15H2,1H3,(H,23,28)/t19-/m0/s1. The summed E-state index contributed by atoms with van der Waals surface area (Å²) in [6.07, 6.45) is 11.5. The number of rotatable bonds is 6. The SMILES string of the molecule is CC(=O)N(Cc1cncnc1)[C@H]1CCCN(C(=O)NCCn2cccc2)CC1. The van der Waals surface area contributed by atoms with E-state index in [0.717, 1.165) is 31.4 Å². The maximum atomic E-state index is 12.5. The molecular formula is C20H28N6O2. The second-order valence-electron chi connectivity index (χ2n) is 7.12. The second kappa shape index (κ2) is 9.87. The molecule has 2 aromatic rings. The molecule has 3 amide bonds. The molecule has 3 heterocycles. The minimum absolute atomic E-state index is 0.0290. The number of carbonyl (C=O) groups is 2. The van der Waals surface area contributed by atoms with Crippen LogP contribution in [0.25, 0.3) is 0 Å². The lowest BCUT2D eigenvalue weighted by atomic mass is 10.1. The van der Waals surface area contributed by atoms with E-state index < -0.39 is 0 Å². The third kappa shape index (κ3) is 5.55. The highest BCUT2D eigenvalue weighted by atomic mass is 16.2. The number of urea groups is 1. The molecule has 1 fully saturated rings. The summed E-state index contributed by atoms with van der Waals surface area (Å²) in [5.74, 6) is 0.0403. The number of likely N-dealkylation sites (tertiary alicyclic amines) is 1. The predicted molar refractivity (Wildman–Crippen MR) is 105 cm³/mol. The number of amides is 3. The van der Waals surface area contributed by atoms with Crippen molar-refractivity contribution in [2.45, 2.75) is 45.3 Å². The van der Waals surface area contributed by atoms with E-state index in [0.29, 0.717) is 26.2 Å². The number of carbonyl (C=O) groups excluding carboxylic acids is 2. The van der Waals surface area contributed by atoms with Crippen LogP contribution in [-0.2, 0) is 17.9 Å². The van der Waals surface area contributed by atoms with Gasteiger partial charge in [-0.25, -0.2) is 14.8 Å². The van der Waals surface area contributed by atoms with E-state index in [2.05, 4.69) is 15.3 Å². The van der Waals surface area contributed by atoms with Crippen LogP contribution in [0.15, 0.2) is 43.2 Å². The van der Waals surface area contributed by atoms with Gasteiger partial charge < -0.3 is 19.7 Å². The van der Waals surface area contributed by atoms with Gasteiger partial charge in [-0.1, -0.05) is 0 Å². The topological polar surface area (TPSA) is 83.4 Å². The molecule has 1 saturated heterocycles. The Balaban J connectivity index is 1.51. The number of hydrogen-bond donors (Lipinski definition) is 1. The van der Waals surface area contributed by atoms with Gasteiger partial charge in [-0.2, -0.15) is 0 Å². The van der Waals surface area contributed by atoms with Gasteiger partial charge in [-0.15, -0.1) is 0 Å². The first-order valence-electron chi connectivity index (χ1n) is 9.78. The highest BCUT2D eigenvalue weighted by molar-refractivity contribution is 5.74. The van der Waals surface area contributed by atoms with Crippen LogP contribution in [0.3, 0.4) is 0 Å². The summed E-state index contributed by atoms with van der Waals surface area (Å²) in [7, 11) is 0. The Labute approximate surface area is 165 Å². The first-order valence-corrected chi connectivity index (χ1v) is 9.78. The van der Waals surface area contributed by atoms with Gasteiger partial charge in [-0.05, 0) is 31.4 Å². The van der Waals surface area contributed by atoms with Crippen LogP contribution in [-0.4, -0.2) is 61.9 Å². The number of aromatic nitrogens is 3. The molecule has 8 nitrogen and oxygen atoms in total. The molecule has 0 aliphatic carbocycles. The average Bonchev–Trinajstić information content (AvgIpc) is 3.09. The second-order valence-corrected chi connectivity index (χ2v) is 7.12. The average molecular weight is 384 g/mol. The maximum absolute atomic E-state index is 12.5. The van der Waals surface area contributed by atoms with Gasteiger partial charge in [0.15, 0.2) is 0 Å². The van der Waals surface area contributed by atoms with Crippen LogP contribution in [0.2, 0.25) is 0 Å². The van der Waals surface area contributed by atoms with Gasteiger partial charge in [0.25, 0.3) is 0 Å². The molecule has 8 heteroatoms. The molecule has 28 heavy (non-hydrogen) atoms.